The maximum atomic E-state index is 12.5. The summed E-state index contributed by atoms with van der Waals surface area (Å²) in [5.41, 5.74) is 6.91. The van der Waals surface area contributed by atoms with Crippen LogP contribution in [-0.2, 0) is 10.0 Å². The van der Waals surface area contributed by atoms with Crippen molar-refractivity contribution in [2.24, 2.45) is 5.92 Å². The van der Waals surface area contributed by atoms with Crippen molar-refractivity contribution in [2.75, 3.05) is 12.8 Å². The lowest BCUT2D eigenvalue weighted by atomic mass is 10.2. The molecular weight excluding hydrogens is 284 g/mol. The van der Waals surface area contributed by atoms with Crippen LogP contribution >= 0.6 is 11.6 Å². The molecule has 1 atom stereocenters. The topological polar surface area (TPSA) is 63.4 Å². The van der Waals surface area contributed by atoms with Crippen LogP contribution in [0.15, 0.2) is 17.0 Å². The van der Waals surface area contributed by atoms with E-state index in [1.165, 1.54) is 16.4 Å². The van der Waals surface area contributed by atoms with E-state index in [0.717, 1.165) is 12.8 Å². The highest BCUT2D eigenvalue weighted by Crippen LogP contribution is 2.37. The number of nitrogens with zero attached hydrogens (tertiary/aromatic N) is 1. The minimum atomic E-state index is -3.54. The molecule has 106 valence electrons. The summed E-state index contributed by atoms with van der Waals surface area (Å²) in [4.78, 5) is 0.163. The van der Waals surface area contributed by atoms with E-state index in [0.29, 0.717) is 22.2 Å². The third-order valence-electron chi connectivity index (χ3n) is 3.91. The monoisotopic (exact) mass is 302 g/mol. The van der Waals surface area contributed by atoms with Gasteiger partial charge in [-0.15, -0.1) is 0 Å². The average Bonchev–Trinajstić information content (AvgIpc) is 3.17. The van der Waals surface area contributed by atoms with Crippen molar-refractivity contribution in [2.45, 2.75) is 37.6 Å². The van der Waals surface area contributed by atoms with Gasteiger partial charge in [0, 0.05) is 23.8 Å². The number of benzene rings is 1. The molecule has 1 aromatic rings. The van der Waals surface area contributed by atoms with Gasteiger partial charge in [0.2, 0.25) is 10.0 Å². The average molecular weight is 303 g/mol. The third kappa shape index (κ3) is 2.73. The molecule has 19 heavy (non-hydrogen) atoms. The Labute approximate surface area is 119 Å². The molecular formula is C13H19ClN2O2S. The van der Waals surface area contributed by atoms with Gasteiger partial charge in [-0.05, 0) is 50.3 Å². The largest absolute Gasteiger partial charge is 0.398 e. The zero-order valence-corrected chi connectivity index (χ0v) is 12.9. The smallest absolute Gasteiger partial charge is 0.243 e. The van der Waals surface area contributed by atoms with Crippen LogP contribution in [0.1, 0.15) is 25.3 Å². The van der Waals surface area contributed by atoms with Gasteiger partial charge in [-0.25, -0.2) is 8.42 Å². The maximum absolute atomic E-state index is 12.5. The highest BCUT2D eigenvalue weighted by atomic mass is 35.5. The first kappa shape index (κ1) is 14.6. The Kier molecular flexibility index (Phi) is 3.82. The van der Waals surface area contributed by atoms with E-state index in [-0.39, 0.29) is 10.9 Å². The van der Waals surface area contributed by atoms with Crippen molar-refractivity contribution in [3.63, 3.8) is 0 Å². The molecule has 0 aliphatic heterocycles. The SMILES string of the molecule is Cc1c(N)cc(S(=O)(=O)N(C)C(C)C2CC2)cc1Cl. The lowest BCUT2D eigenvalue weighted by molar-refractivity contribution is 0.357. The van der Waals surface area contributed by atoms with Crippen LogP contribution in [0, 0.1) is 12.8 Å². The van der Waals surface area contributed by atoms with E-state index < -0.39 is 10.0 Å². The van der Waals surface area contributed by atoms with Crippen molar-refractivity contribution in [1.29, 1.82) is 0 Å². The second-order valence-electron chi connectivity index (χ2n) is 5.22. The Morgan fingerprint density at radius 3 is 2.47 bits per heavy atom. The second-order valence-corrected chi connectivity index (χ2v) is 7.62. The molecule has 4 nitrogen and oxygen atoms in total. The molecule has 1 saturated carbocycles. The Morgan fingerprint density at radius 2 is 2.00 bits per heavy atom. The first-order chi connectivity index (χ1) is 8.75. The Morgan fingerprint density at radius 1 is 1.42 bits per heavy atom. The Hall–Kier alpha value is -0.780. The van der Waals surface area contributed by atoms with Crippen LogP contribution in [0.25, 0.3) is 0 Å². The molecule has 0 radical (unpaired) electrons. The minimum Gasteiger partial charge on any atom is -0.398 e. The number of hydrogen-bond acceptors (Lipinski definition) is 3. The van der Waals surface area contributed by atoms with Gasteiger partial charge in [0.1, 0.15) is 0 Å². The van der Waals surface area contributed by atoms with Gasteiger partial charge in [0.05, 0.1) is 4.90 Å². The molecule has 0 spiro atoms. The molecule has 1 aliphatic rings. The molecule has 0 heterocycles. The highest BCUT2D eigenvalue weighted by molar-refractivity contribution is 7.89. The molecule has 6 heteroatoms. The van der Waals surface area contributed by atoms with Crippen LogP contribution in [-0.4, -0.2) is 25.8 Å². The minimum absolute atomic E-state index is 0.00584. The number of hydrogen-bond donors (Lipinski definition) is 1. The molecule has 0 aromatic heterocycles. The zero-order chi connectivity index (χ0) is 14.4. The maximum Gasteiger partial charge on any atom is 0.243 e. The molecule has 2 N–H and O–H groups in total. The van der Waals surface area contributed by atoms with Gasteiger partial charge in [-0.2, -0.15) is 4.31 Å². The summed E-state index contributed by atoms with van der Waals surface area (Å²) in [6.07, 6.45) is 2.19. The van der Waals surface area contributed by atoms with Gasteiger partial charge in [0.15, 0.2) is 0 Å². The second kappa shape index (κ2) is 4.96. The molecule has 0 saturated heterocycles. The standard InChI is InChI=1S/C13H19ClN2O2S/c1-8-12(14)6-11(7-13(8)15)19(17,18)16(3)9(2)10-4-5-10/h6-7,9-10H,4-5,15H2,1-3H3. The summed E-state index contributed by atoms with van der Waals surface area (Å²) in [5.74, 6) is 0.470. The van der Waals surface area contributed by atoms with Gasteiger partial charge in [0.25, 0.3) is 0 Å². The Bertz CT molecular complexity index is 574. The van der Waals surface area contributed by atoms with Crippen LogP contribution in [0.2, 0.25) is 5.02 Å². The number of rotatable bonds is 4. The van der Waals surface area contributed by atoms with E-state index in [4.69, 9.17) is 17.3 Å². The predicted octanol–water partition coefficient (Wildman–Crippen LogP) is 2.65. The Balaban J connectivity index is 2.38. The molecule has 1 fully saturated rings. The van der Waals surface area contributed by atoms with E-state index in [1.54, 1.807) is 14.0 Å². The van der Waals surface area contributed by atoms with Crippen LogP contribution < -0.4 is 5.73 Å². The fraction of sp³-hybridized carbons (Fsp3) is 0.538. The predicted molar refractivity (Wildman–Crippen MR) is 77.7 cm³/mol. The summed E-state index contributed by atoms with van der Waals surface area (Å²) < 4.78 is 26.5. The van der Waals surface area contributed by atoms with Crippen molar-refractivity contribution >= 4 is 27.3 Å². The number of halogens is 1. The normalized spacial score (nSPS) is 17.7. The molecule has 2 rings (SSSR count). The zero-order valence-electron chi connectivity index (χ0n) is 11.4. The molecule has 1 aliphatic carbocycles. The van der Waals surface area contributed by atoms with Crippen LogP contribution in [0.5, 0.6) is 0 Å². The lowest BCUT2D eigenvalue weighted by Crippen LogP contribution is -2.36. The summed E-state index contributed by atoms with van der Waals surface area (Å²) in [5, 5.41) is 0.381. The third-order valence-corrected chi connectivity index (χ3v) is 6.23. The number of nitrogen functional groups attached to an aromatic ring is 1. The molecule has 1 aromatic carbocycles. The number of anilines is 1. The van der Waals surface area contributed by atoms with Gasteiger partial charge >= 0.3 is 0 Å². The van der Waals surface area contributed by atoms with Gasteiger partial charge in [-0.1, -0.05) is 11.6 Å². The first-order valence-corrected chi connectivity index (χ1v) is 8.10. The fourth-order valence-corrected chi connectivity index (χ4v) is 3.86. The highest BCUT2D eigenvalue weighted by Gasteiger charge is 2.36. The number of nitrogens with two attached hydrogens (primary N) is 1. The summed E-state index contributed by atoms with van der Waals surface area (Å²) in [6.45, 7) is 3.71. The summed E-state index contributed by atoms with van der Waals surface area (Å²) in [6, 6.07) is 2.96. The summed E-state index contributed by atoms with van der Waals surface area (Å²) >= 11 is 6.02. The van der Waals surface area contributed by atoms with E-state index in [9.17, 15) is 8.42 Å². The van der Waals surface area contributed by atoms with Crippen molar-refractivity contribution in [3.8, 4) is 0 Å². The molecule has 0 amide bonds. The van der Waals surface area contributed by atoms with Crippen LogP contribution in [0.4, 0.5) is 5.69 Å². The van der Waals surface area contributed by atoms with Crippen LogP contribution in [0.3, 0.4) is 0 Å². The first-order valence-electron chi connectivity index (χ1n) is 6.28. The van der Waals surface area contributed by atoms with Gasteiger partial charge < -0.3 is 5.73 Å². The van der Waals surface area contributed by atoms with Crippen molar-refractivity contribution in [1.82, 2.24) is 4.31 Å². The van der Waals surface area contributed by atoms with Crippen molar-refractivity contribution in [3.05, 3.63) is 22.7 Å². The van der Waals surface area contributed by atoms with E-state index in [2.05, 4.69) is 0 Å². The van der Waals surface area contributed by atoms with Crippen molar-refractivity contribution < 1.29 is 8.42 Å². The van der Waals surface area contributed by atoms with E-state index in [1.807, 2.05) is 6.92 Å². The fourth-order valence-electron chi connectivity index (χ4n) is 2.08. The van der Waals surface area contributed by atoms with Gasteiger partial charge in [-0.3, -0.25) is 0 Å². The number of sulfonamides is 1. The lowest BCUT2D eigenvalue weighted by Gasteiger charge is -2.24. The molecule has 1 unspecified atom stereocenters. The molecule has 0 bridgehead atoms. The summed E-state index contributed by atoms with van der Waals surface area (Å²) in [7, 11) is -1.92. The quantitative estimate of drug-likeness (QED) is 0.870. The van der Waals surface area contributed by atoms with E-state index >= 15 is 0 Å².